The van der Waals surface area contributed by atoms with Crippen LogP contribution in [0, 0.1) is 0 Å². The number of fused-ring (bicyclic) bond motifs is 1. The molecule has 0 spiro atoms. The van der Waals surface area contributed by atoms with Crippen LogP contribution in [0.5, 0.6) is 0 Å². The molecule has 2 saturated heterocycles. The first-order valence-electron chi connectivity index (χ1n) is 9.71. The minimum atomic E-state index is 0.00491. The quantitative estimate of drug-likeness (QED) is 0.297. The molecule has 0 bridgehead atoms. The smallest absolute Gasteiger partial charge is 0.315 e. The minimum absolute atomic E-state index is 0.00491. The van der Waals surface area contributed by atoms with Crippen LogP contribution in [0.15, 0.2) is 0 Å². The van der Waals surface area contributed by atoms with Gasteiger partial charge in [-0.1, -0.05) is 53.4 Å². The van der Waals surface area contributed by atoms with Gasteiger partial charge in [0.25, 0.3) is 0 Å². The molecule has 2 atom stereocenters. The van der Waals surface area contributed by atoms with E-state index in [1.54, 1.807) is 0 Å². The highest BCUT2D eigenvalue weighted by atomic mass is 32.2. The number of urea groups is 1. The molecule has 150 valence electrons. The van der Waals surface area contributed by atoms with Gasteiger partial charge in [-0.3, -0.25) is 4.79 Å². The summed E-state index contributed by atoms with van der Waals surface area (Å²) in [6, 6.07) is 0.815. The lowest BCUT2D eigenvalue weighted by molar-refractivity contribution is -0.109. The Bertz CT molecular complexity index is 291. The number of unbranched alkanes of at least 4 members (excludes halogenated alkanes) is 4. The molecule has 2 rings (SSSR count). The topological polar surface area (TPSA) is 96.2 Å². The maximum atomic E-state index is 10.6. The lowest BCUT2D eigenvalue weighted by Crippen LogP contribution is -2.31. The fourth-order valence-electron chi connectivity index (χ4n) is 2.18. The van der Waals surface area contributed by atoms with Crippen molar-refractivity contribution < 1.29 is 9.59 Å². The Hall–Kier alpha value is -0.950. The van der Waals surface area contributed by atoms with Gasteiger partial charge in [0.05, 0.1) is 12.1 Å². The standard InChI is InChI=1S/C6H14N2O.C5H8N2OS.C5H12.C2H6/c7-4-2-1-3-5-8-6-9;8-5-6-3-1-9-2-4(3)7-5;1-3-5-4-2;1-2/h6H,1-5,7H2,(H,8,9);3-4H,1-2H2,(H2,6,7,8);3-5H2,1-2H3;1-2H3. The van der Waals surface area contributed by atoms with Gasteiger partial charge in [-0.05, 0) is 19.4 Å². The first-order chi connectivity index (χ1) is 12.2. The van der Waals surface area contributed by atoms with Crippen molar-refractivity contribution in [1.29, 1.82) is 0 Å². The number of hydrogen-bond donors (Lipinski definition) is 4. The van der Waals surface area contributed by atoms with Gasteiger partial charge in [-0.25, -0.2) is 4.79 Å². The summed E-state index contributed by atoms with van der Waals surface area (Å²) in [5.41, 5.74) is 5.25. The van der Waals surface area contributed by atoms with Gasteiger partial charge in [0, 0.05) is 18.1 Å². The summed E-state index contributed by atoms with van der Waals surface area (Å²) in [5, 5.41) is 8.28. The Morgan fingerprint density at radius 2 is 1.64 bits per heavy atom. The maximum Gasteiger partial charge on any atom is 0.315 e. The van der Waals surface area contributed by atoms with Gasteiger partial charge in [0.2, 0.25) is 6.41 Å². The highest BCUT2D eigenvalue weighted by Gasteiger charge is 2.35. The molecule has 7 heteroatoms. The maximum absolute atomic E-state index is 10.6. The van der Waals surface area contributed by atoms with Crippen molar-refractivity contribution in [3.05, 3.63) is 0 Å². The number of rotatable bonds is 8. The fraction of sp³-hybridized carbons (Fsp3) is 0.889. The molecule has 25 heavy (non-hydrogen) atoms. The third kappa shape index (κ3) is 16.3. The highest BCUT2D eigenvalue weighted by molar-refractivity contribution is 7.99. The molecule has 0 aliphatic carbocycles. The van der Waals surface area contributed by atoms with E-state index in [2.05, 4.69) is 29.8 Å². The van der Waals surface area contributed by atoms with Crippen molar-refractivity contribution in [3.63, 3.8) is 0 Å². The molecule has 2 aliphatic rings. The van der Waals surface area contributed by atoms with Crippen LogP contribution < -0.4 is 21.7 Å². The third-order valence-corrected chi connectivity index (χ3v) is 4.72. The average Bonchev–Trinajstić information content (AvgIpc) is 3.19. The number of hydrogen-bond acceptors (Lipinski definition) is 4. The number of carbonyl (C=O) groups excluding carboxylic acids is 2. The van der Waals surface area contributed by atoms with Crippen molar-refractivity contribution in [2.75, 3.05) is 24.6 Å². The van der Waals surface area contributed by atoms with E-state index in [1.165, 1.54) is 19.3 Å². The summed E-state index contributed by atoms with van der Waals surface area (Å²) in [6.07, 6.45) is 8.00. The van der Waals surface area contributed by atoms with Crippen LogP contribution in [0.4, 0.5) is 4.79 Å². The van der Waals surface area contributed by atoms with Crippen LogP contribution in [0.1, 0.15) is 66.2 Å². The third-order valence-electron chi connectivity index (χ3n) is 3.53. The zero-order chi connectivity index (χ0) is 19.3. The van der Waals surface area contributed by atoms with Crippen molar-refractivity contribution in [2.45, 2.75) is 78.3 Å². The van der Waals surface area contributed by atoms with Gasteiger partial charge in [-0.15, -0.1) is 0 Å². The van der Waals surface area contributed by atoms with Crippen LogP contribution >= 0.6 is 11.8 Å². The van der Waals surface area contributed by atoms with Crippen LogP contribution in [0.2, 0.25) is 0 Å². The van der Waals surface area contributed by atoms with E-state index in [0.717, 1.165) is 50.3 Å². The second-order valence-corrected chi connectivity index (χ2v) is 6.72. The first-order valence-corrected chi connectivity index (χ1v) is 10.9. The summed E-state index contributed by atoms with van der Waals surface area (Å²) in [6.45, 7) is 9.96. The van der Waals surface area contributed by atoms with Crippen molar-refractivity contribution in [2.24, 2.45) is 5.73 Å². The van der Waals surface area contributed by atoms with Gasteiger partial charge in [-0.2, -0.15) is 11.8 Å². The van der Waals surface area contributed by atoms with Crippen molar-refractivity contribution in [1.82, 2.24) is 16.0 Å². The predicted molar refractivity (Wildman–Crippen MR) is 110 cm³/mol. The molecule has 3 amide bonds. The van der Waals surface area contributed by atoms with Gasteiger partial charge in [0.1, 0.15) is 0 Å². The Morgan fingerprint density at radius 1 is 1.08 bits per heavy atom. The summed E-state index contributed by atoms with van der Waals surface area (Å²) in [5.74, 6) is 2.15. The molecule has 0 aromatic heterocycles. The lowest BCUT2D eigenvalue weighted by atomic mass is 10.2. The molecular formula is C18H40N4O2S. The molecule has 0 aromatic rings. The molecule has 0 aromatic carbocycles. The molecule has 2 aliphatic heterocycles. The second-order valence-electron chi connectivity index (χ2n) is 5.64. The molecule has 2 unspecified atom stereocenters. The van der Waals surface area contributed by atoms with Crippen LogP contribution in [0.25, 0.3) is 0 Å². The molecular weight excluding hydrogens is 336 g/mol. The highest BCUT2D eigenvalue weighted by Crippen LogP contribution is 2.20. The molecule has 2 heterocycles. The monoisotopic (exact) mass is 376 g/mol. The van der Waals surface area contributed by atoms with E-state index in [-0.39, 0.29) is 6.03 Å². The van der Waals surface area contributed by atoms with E-state index < -0.39 is 0 Å². The number of nitrogens with one attached hydrogen (secondary N) is 3. The summed E-state index contributed by atoms with van der Waals surface area (Å²) in [4.78, 5) is 20.3. The summed E-state index contributed by atoms with van der Waals surface area (Å²) < 4.78 is 0. The number of amides is 3. The SMILES string of the molecule is CC.CCCCC.NCCCCCNC=O.O=C1NC2CSCC2N1. The Labute approximate surface area is 158 Å². The van der Waals surface area contributed by atoms with Gasteiger partial charge in [0.15, 0.2) is 0 Å². The van der Waals surface area contributed by atoms with E-state index in [4.69, 9.17) is 5.73 Å². The van der Waals surface area contributed by atoms with Crippen LogP contribution in [0.3, 0.4) is 0 Å². The molecule has 5 N–H and O–H groups in total. The van der Waals surface area contributed by atoms with E-state index in [0.29, 0.717) is 12.1 Å². The number of nitrogens with two attached hydrogens (primary N) is 1. The van der Waals surface area contributed by atoms with E-state index in [1.807, 2.05) is 25.6 Å². The fourth-order valence-corrected chi connectivity index (χ4v) is 3.45. The summed E-state index contributed by atoms with van der Waals surface area (Å²) >= 11 is 1.89. The first kappa shape index (κ1) is 26.3. The van der Waals surface area contributed by atoms with E-state index in [9.17, 15) is 9.59 Å². The number of thioether (sulfide) groups is 1. The van der Waals surface area contributed by atoms with Gasteiger partial charge < -0.3 is 21.7 Å². The largest absolute Gasteiger partial charge is 0.359 e. The second kappa shape index (κ2) is 21.1. The zero-order valence-corrected chi connectivity index (χ0v) is 17.4. The zero-order valence-electron chi connectivity index (χ0n) is 16.6. The summed E-state index contributed by atoms with van der Waals surface area (Å²) in [7, 11) is 0. The van der Waals surface area contributed by atoms with Crippen LogP contribution in [-0.4, -0.2) is 49.1 Å². The Morgan fingerprint density at radius 3 is 2.04 bits per heavy atom. The molecule has 0 radical (unpaired) electrons. The molecule has 0 saturated carbocycles. The van der Waals surface area contributed by atoms with Crippen molar-refractivity contribution in [3.8, 4) is 0 Å². The van der Waals surface area contributed by atoms with E-state index >= 15 is 0 Å². The minimum Gasteiger partial charge on any atom is -0.359 e. The Balaban J connectivity index is 0. The Kier molecular flexibility index (Phi) is 22.2. The van der Waals surface area contributed by atoms with Crippen LogP contribution in [-0.2, 0) is 4.79 Å². The molecule has 2 fully saturated rings. The van der Waals surface area contributed by atoms with Gasteiger partial charge >= 0.3 is 6.03 Å². The average molecular weight is 377 g/mol. The normalized spacial score (nSPS) is 19.5. The number of carbonyl (C=O) groups is 2. The lowest BCUT2D eigenvalue weighted by Gasteiger charge is -2.02. The van der Waals surface area contributed by atoms with Crippen molar-refractivity contribution >= 4 is 24.2 Å². The molecule has 6 nitrogen and oxygen atoms in total. The predicted octanol–water partition coefficient (Wildman–Crippen LogP) is 2.87.